The Morgan fingerprint density at radius 1 is 1.18 bits per heavy atom. The number of benzene rings is 2. The number of hydrogen-bond donors (Lipinski definition) is 1. The molecule has 1 N–H and O–H groups in total. The Hall–Kier alpha value is -4.33. The molecule has 0 radical (unpaired) electrons. The standard InChI is InChI=1S/C30H29N3O5/c1-16(2)10-11-32-13-20-26(21-15-38-25-9-8-18(37-4)12-19(25)29(21)35)28-23(14-33(17(3)34)30(28)36)31-22-6-5-7-24(32)27(20)22/h5-9,12-13,15-16,26,31H,10-11,14H2,1-4H3/t26-/m1/s1. The minimum atomic E-state index is -0.715. The highest BCUT2D eigenvalue weighted by atomic mass is 16.5. The van der Waals surface area contributed by atoms with Crippen molar-refractivity contribution < 1.29 is 18.7 Å². The lowest BCUT2D eigenvalue weighted by atomic mass is 9.84. The molecule has 8 nitrogen and oxygen atoms in total. The fourth-order valence-electron chi connectivity index (χ4n) is 5.63. The summed E-state index contributed by atoms with van der Waals surface area (Å²) in [5.74, 6) is -0.402. The van der Waals surface area contributed by atoms with E-state index in [4.69, 9.17) is 9.15 Å². The minimum Gasteiger partial charge on any atom is -0.497 e. The van der Waals surface area contributed by atoms with Gasteiger partial charge in [0.05, 0.1) is 42.3 Å². The number of amides is 2. The maximum absolute atomic E-state index is 14.0. The summed E-state index contributed by atoms with van der Waals surface area (Å²) in [5, 5.41) is 4.79. The van der Waals surface area contributed by atoms with Crippen molar-refractivity contribution >= 4 is 39.4 Å². The van der Waals surface area contributed by atoms with Crippen LogP contribution in [0.5, 0.6) is 5.75 Å². The molecule has 0 saturated heterocycles. The van der Waals surface area contributed by atoms with Crippen molar-refractivity contribution in [2.75, 3.05) is 19.0 Å². The second kappa shape index (κ2) is 8.90. The second-order valence-corrected chi connectivity index (χ2v) is 10.4. The third-order valence-corrected chi connectivity index (χ3v) is 7.58. The number of rotatable bonds is 5. The lowest BCUT2D eigenvalue weighted by Gasteiger charge is -2.19. The molecule has 1 atom stereocenters. The second-order valence-electron chi connectivity index (χ2n) is 10.4. The molecule has 0 bridgehead atoms. The molecule has 0 saturated carbocycles. The number of aryl methyl sites for hydroxylation is 1. The van der Waals surface area contributed by atoms with Gasteiger partial charge in [0.2, 0.25) is 5.91 Å². The number of fused-ring (bicyclic) bond motifs is 1. The molecule has 38 heavy (non-hydrogen) atoms. The van der Waals surface area contributed by atoms with E-state index in [0.29, 0.717) is 39.5 Å². The Morgan fingerprint density at radius 2 is 2.00 bits per heavy atom. The molecule has 2 aliphatic rings. The Balaban J connectivity index is 1.64. The number of aromatic nitrogens is 1. The maximum atomic E-state index is 14.0. The number of imide groups is 1. The predicted octanol–water partition coefficient (Wildman–Crippen LogP) is 5.00. The Bertz CT molecular complexity index is 1730. The average Bonchev–Trinajstić information content (AvgIpc) is 3.38. The molecule has 6 rings (SSSR count). The van der Waals surface area contributed by atoms with Crippen LogP contribution in [0.3, 0.4) is 0 Å². The van der Waals surface area contributed by atoms with E-state index in [9.17, 15) is 14.4 Å². The molecule has 2 aromatic carbocycles. The third kappa shape index (κ3) is 3.62. The van der Waals surface area contributed by atoms with Crippen molar-refractivity contribution in [3.05, 3.63) is 81.5 Å². The summed E-state index contributed by atoms with van der Waals surface area (Å²) in [7, 11) is 1.54. The molecule has 0 spiro atoms. The van der Waals surface area contributed by atoms with E-state index in [-0.39, 0.29) is 17.9 Å². The SMILES string of the molecule is COc1ccc2occ([C@@H]3C4=C(CN(C(C)=O)C4=O)Nc4cccc5c4c3cn5CCC(C)C)c(=O)c2c1. The van der Waals surface area contributed by atoms with E-state index in [1.165, 1.54) is 18.1 Å². The molecule has 4 heterocycles. The van der Waals surface area contributed by atoms with Crippen molar-refractivity contribution in [1.82, 2.24) is 9.47 Å². The first-order chi connectivity index (χ1) is 18.3. The van der Waals surface area contributed by atoms with Gasteiger partial charge in [-0.05, 0) is 48.2 Å². The van der Waals surface area contributed by atoms with Crippen molar-refractivity contribution in [2.45, 2.75) is 39.7 Å². The molecular formula is C30H29N3O5. The van der Waals surface area contributed by atoms with Gasteiger partial charge in [-0.3, -0.25) is 19.3 Å². The highest BCUT2D eigenvalue weighted by Crippen LogP contribution is 2.46. The number of hydrogen-bond acceptors (Lipinski definition) is 6. The minimum absolute atomic E-state index is 0.126. The largest absolute Gasteiger partial charge is 0.497 e. The van der Waals surface area contributed by atoms with Gasteiger partial charge < -0.3 is 19.0 Å². The smallest absolute Gasteiger partial charge is 0.259 e. The number of ether oxygens (including phenoxy) is 1. The topological polar surface area (TPSA) is 93.8 Å². The number of anilines is 1. The van der Waals surface area contributed by atoms with Crippen molar-refractivity contribution in [1.29, 1.82) is 0 Å². The van der Waals surface area contributed by atoms with Gasteiger partial charge >= 0.3 is 0 Å². The van der Waals surface area contributed by atoms with Gasteiger partial charge in [0.1, 0.15) is 11.3 Å². The van der Waals surface area contributed by atoms with E-state index in [1.54, 1.807) is 25.3 Å². The molecular weight excluding hydrogens is 482 g/mol. The van der Waals surface area contributed by atoms with Crippen LogP contribution in [0.15, 0.2) is 69.3 Å². The molecule has 2 aromatic heterocycles. The Morgan fingerprint density at radius 3 is 2.74 bits per heavy atom. The monoisotopic (exact) mass is 511 g/mol. The molecule has 0 unspecified atom stereocenters. The summed E-state index contributed by atoms with van der Waals surface area (Å²) >= 11 is 0. The van der Waals surface area contributed by atoms with Gasteiger partial charge in [0, 0.05) is 42.0 Å². The zero-order chi connectivity index (χ0) is 26.7. The van der Waals surface area contributed by atoms with Crippen LogP contribution in [-0.2, 0) is 16.1 Å². The Kier molecular flexibility index (Phi) is 5.63. The summed E-state index contributed by atoms with van der Waals surface area (Å²) in [6.45, 7) is 6.67. The zero-order valence-corrected chi connectivity index (χ0v) is 21.8. The van der Waals surface area contributed by atoms with E-state index in [0.717, 1.165) is 35.1 Å². The van der Waals surface area contributed by atoms with Crippen LogP contribution in [0, 0.1) is 5.92 Å². The van der Waals surface area contributed by atoms with Gasteiger partial charge in [-0.1, -0.05) is 19.9 Å². The van der Waals surface area contributed by atoms with E-state index in [2.05, 4.69) is 36.0 Å². The van der Waals surface area contributed by atoms with Crippen LogP contribution in [0.2, 0.25) is 0 Å². The summed E-state index contributed by atoms with van der Waals surface area (Å²) in [6, 6.07) is 11.1. The average molecular weight is 512 g/mol. The summed E-state index contributed by atoms with van der Waals surface area (Å²) in [4.78, 5) is 41.3. The highest BCUT2D eigenvalue weighted by molar-refractivity contribution is 6.11. The number of carbonyl (C=O) groups excluding carboxylic acids is 2. The van der Waals surface area contributed by atoms with Crippen molar-refractivity contribution in [2.24, 2.45) is 5.92 Å². The number of nitrogens with zero attached hydrogens (tertiary/aromatic N) is 2. The first-order valence-corrected chi connectivity index (χ1v) is 12.8. The zero-order valence-electron chi connectivity index (χ0n) is 21.8. The summed E-state index contributed by atoms with van der Waals surface area (Å²) in [6.07, 6.45) is 4.49. The normalized spacial score (nSPS) is 16.8. The summed E-state index contributed by atoms with van der Waals surface area (Å²) in [5.41, 5.74) is 4.28. The van der Waals surface area contributed by atoms with Gasteiger partial charge in [-0.15, -0.1) is 0 Å². The van der Waals surface area contributed by atoms with Gasteiger partial charge in [0.15, 0.2) is 5.43 Å². The van der Waals surface area contributed by atoms with E-state index in [1.807, 2.05) is 12.1 Å². The fraction of sp³-hybridized carbons (Fsp3) is 0.300. The van der Waals surface area contributed by atoms with Crippen LogP contribution >= 0.6 is 0 Å². The number of methoxy groups -OCH3 is 1. The Labute approximate surface area is 219 Å². The van der Waals surface area contributed by atoms with Crippen molar-refractivity contribution in [3.8, 4) is 5.75 Å². The third-order valence-electron chi connectivity index (χ3n) is 7.58. The highest BCUT2D eigenvalue weighted by Gasteiger charge is 2.42. The van der Waals surface area contributed by atoms with Crippen LogP contribution in [-0.4, -0.2) is 34.9 Å². The first-order valence-electron chi connectivity index (χ1n) is 12.8. The van der Waals surface area contributed by atoms with Crippen molar-refractivity contribution in [3.63, 3.8) is 0 Å². The van der Waals surface area contributed by atoms with Crippen LogP contribution < -0.4 is 15.5 Å². The molecule has 4 aromatic rings. The van der Waals surface area contributed by atoms with Gasteiger partial charge in [-0.2, -0.15) is 0 Å². The van der Waals surface area contributed by atoms with E-state index < -0.39 is 11.8 Å². The maximum Gasteiger partial charge on any atom is 0.259 e. The predicted molar refractivity (Wildman–Crippen MR) is 145 cm³/mol. The molecule has 194 valence electrons. The van der Waals surface area contributed by atoms with E-state index >= 15 is 0 Å². The van der Waals surface area contributed by atoms with Gasteiger partial charge in [0.25, 0.3) is 5.91 Å². The first kappa shape index (κ1) is 24.0. The quantitative estimate of drug-likeness (QED) is 0.405. The molecule has 0 fully saturated rings. The lowest BCUT2D eigenvalue weighted by molar-refractivity contribution is -0.139. The van der Waals surface area contributed by atoms with Crippen LogP contribution in [0.4, 0.5) is 5.69 Å². The lowest BCUT2D eigenvalue weighted by Crippen LogP contribution is -2.33. The fourth-order valence-corrected chi connectivity index (χ4v) is 5.63. The molecule has 2 aliphatic heterocycles. The van der Waals surface area contributed by atoms with Gasteiger partial charge in [-0.25, -0.2) is 0 Å². The van der Waals surface area contributed by atoms with Crippen LogP contribution in [0.25, 0.3) is 21.9 Å². The molecule has 8 heteroatoms. The summed E-state index contributed by atoms with van der Waals surface area (Å²) < 4.78 is 13.5. The number of carbonyl (C=O) groups is 2. The van der Waals surface area contributed by atoms with Crippen LogP contribution in [0.1, 0.15) is 44.2 Å². The number of nitrogens with one attached hydrogen (secondary N) is 1. The molecule has 0 aliphatic carbocycles. The molecule has 2 amide bonds.